The predicted octanol–water partition coefficient (Wildman–Crippen LogP) is 3.88. The highest BCUT2D eigenvalue weighted by atomic mass is 16.2. The number of aryl methyl sites for hydroxylation is 2. The molecule has 2 aromatic carbocycles. The van der Waals surface area contributed by atoms with Crippen LogP contribution in [0.3, 0.4) is 0 Å². The van der Waals surface area contributed by atoms with E-state index in [2.05, 4.69) is 21.7 Å². The summed E-state index contributed by atoms with van der Waals surface area (Å²) >= 11 is 0. The molecule has 30 heavy (non-hydrogen) atoms. The average Bonchev–Trinajstić information content (AvgIpc) is 3.42. The minimum atomic E-state index is -0.404. The van der Waals surface area contributed by atoms with Gasteiger partial charge in [0.2, 0.25) is 5.91 Å². The fraction of sp³-hybridized carbons (Fsp3) is 0.375. The van der Waals surface area contributed by atoms with E-state index in [1.165, 1.54) is 35.0 Å². The lowest BCUT2D eigenvalue weighted by molar-refractivity contribution is -0.116. The zero-order chi connectivity index (χ0) is 20.5. The van der Waals surface area contributed by atoms with Gasteiger partial charge in [0.15, 0.2) is 0 Å². The summed E-state index contributed by atoms with van der Waals surface area (Å²) in [5.74, 6) is 0.399. The fourth-order valence-corrected chi connectivity index (χ4v) is 4.75. The Labute approximate surface area is 175 Å². The molecule has 2 aliphatic rings. The number of benzene rings is 2. The third-order valence-corrected chi connectivity index (χ3v) is 6.27. The highest BCUT2D eigenvalue weighted by Crippen LogP contribution is 2.26. The minimum absolute atomic E-state index is 0.0624. The van der Waals surface area contributed by atoms with Crippen molar-refractivity contribution >= 4 is 28.3 Å². The number of hydrogen-bond acceptors (Lipinski definition) is 4. The molecule has 154 valence electrons. The Morgan fingerprint density at radius 3 is 2.70 bits per heavy atom. The van der Waals surface area contributed by atoms with Crippen molar-refractivity contribution in [2.75, 3.05) is 10.6 Å². The second kappa shape index (κ2) is 7.94. The van der Waals surface area contributed by atoms with Crippen molar-refractivity contribution in [1.29, 1.82) is 0 Å². The van der Waals surface area contributed by atoms with Gasteiger partial charge in [0.05, 0.1) is 5.52 Å². The summed E-state index contributed by atoms with van der Waals surface area (Å²) in [6.07, 6.45) is 7.94. The van der Waals surface area contributed by atoms with Crippen LogP contribution in [0.5, 0.6) is 0 Å². The number of anilines is 2. The quantitative estimate of drug-likeness (QED) is 0.679. The normalized spacial score (nSPS) is 16.0. The van der Waals surface area contributed by atoms with Gasteiger partial charge < -0.3 is 10.6 Å². The molecule has 0 aliphatic heterocycles. The van der Waals surface area contributed by atoms with E-state index < -0.39 is 5.69 Å². The molecule has 1 saturated carbocycles. The van der Waals surface area contributed by atoms with Gasteiger partial charge in [-0.1, -0.05) is 31.0 Å². The summed E-state index contributed by atoms with van der Waals surface area (Å²) < 4.78 is 1.46. The maximum atomic E-state index is 12.8. The molecule has 1 aromatic heterocycles. The van der Waals surface area contributed by atoms with Gasteiger partial charge in [-0.15, -0.1) is 0 Å². The predicted molar refractivity (Wildman–Crippen MR) is 119 cm³/mol. The van der Waals surface area contributed by atoms with Crippen molar-refractivity contribution in [3.05, 3.63) is 64.1 Å². The molecule has 0 saturated heterocycles. The molecular formula is C24H26N4O2. The Hall–Kier alpha value is -3.15. The molecule has 1 amide bonds. The van der Waals surface area contributed by atoms with Crippen LogP contribution in [0.25, 0.3) is 10.9 Å². The maximum absolute atomic E-state index is 12.8. The molecule has 5 rings (SSSR count). The van der Waals surface area contributed by atoms with E-state index in [1.807, 2.05) is 36.4 Å². The molecule has 6 heteroatoms. The Morgan fingerprint density at radius 1 is 1.03 bits per heavy atom. The first-order valence-electron chi connectivity index (χ1n) is 10.9. The van der Waals surface area contributed by atoms with Crippen LogP contribution in [0, 0.1) is 0 Å². The van der Waals surface area contributed by atoms with Crippen molar-refractivity contribution in [3.8, 4) is 0 Å². The summed E-state index contributed by atoms with van der Waals surface area (Å²) in [7, 11) is 0. The van der Waals surface area contributed by atoms with E-state index in [9.17, 15) is 9.59 Å². The second-order valence-corrected chi connectivity index (χ2v) is 8.36. The lowest BCUT2D eigenvalue weighted by Gasteiger charge is -2.17. The van der Waals surface area contributed by atoms with E-state index in [0.717, 1.165) is 42.3 Å². The van der Waals surface area contributed by atoms with Crippen LogP contribution in [-0.2, 0) is 24.2 Å². The SMILES string of the molecule is O=C(Cn1c(=O)nc(NC2CCCC2)c2ccccc21)Nc1ccc2c(c1)CCC2. The van der Waals surface area contributed by atoms with Gasteiger partial charge in [-0.3, -0.25) is 9.36 Å². The first-order valence-corrected chi connectivity index (χ1v) is 10.9. The standard InChI is InChI=1S/C24H26N4O2/c29-22(25-19-13-12-16-6-5-7-17(16)14-19)15-28-21-11-4-3-10-20(21)23(27-24(28)30)26-18-8-1-2-9-18/h3-4,10-14,18H,1-2,5-9,15H2,(H,25,29)(H,26,27,30). The Morgan fingerprint density at radius 2 is 1.83 bits per heavy atom. The van der Waals surface area contributed by atoms with Crippen molar-refractivity contribution in [2.24, 2.45) is 0 Å². The van der Waals surface area contributed by atoms with Gasteiger partial charge in [-0.05, 0) is 67.5 Å². The van der Waals surface area contributed by atoms with Gasteiger partial charge >= 0.3 is 5.69 Å². The van der Waals surface area contributed by atoms with Crippen LogP contribution in [0.2, 0.25) is 0 Å². The number of para-hydroxylation sites is 1. The first-order chi connectivity index (χ1) is 14.7. The van der Waals surface area contributed by atoms with Crippen LogP contribution in [-0.4, -0.2) is 21.5 Å². The Balaban J connectivity index is 1.40. The van der Waals surface area contributed by atoms with Crippen LogP contribution < -0.4 is 16.3 Å². The maximum Gasteiger partial charge on any atom is 0.350 e. The van der Waals surface area contributed by atoms with Gasteiger partial charge in [0.1, 0.15) is 12.4 Å². The van der Waals surface area contributed by atoms with Gasteiger partial charge in [0.25, 0.3) is 0 Å². The van der Waals surface area contributed by atoms with Gasteiger partial charge in [0, 0.05) is 17.1 Å². The number of nitrogens with zero attached hydrogens (tertiary/aromatic N) is 2. The fourth-order valence-electron chi connectivity index (χ4n) is 4.75. The molecule has 0 bridgehead atoms. The van der Waals surface area contributed by atoms with Crippen molar-refractivity contribution < 1.29 is 4.79 Å². The molecule has 0 radical (unpaired) electrons. The second-order valence-electron chi connectivity index (χ2n) is 8.36. The molecule has 0 atom stereocenters. The highest BCUT2D eigenvalue weighted by molar-refractivity contribution is 5.93. The number of hydrogen-bond donors (Lipinski definition) is 2. The van der Waals surface area contributed by atoms with E-state index >= 15 is 0 Å². The van der Waals surface area contributed by atoms with E-state index in [-0.39, 0.29) is 12.5 Å². The summed E-state index contributed by atoms with van der Waals surface area (Å²) in [5, 5.41) is 7.26. The topological polar surface area (TPSA) is 76.0 Å². The largest absolute Gasteiger partial charge is 0.367 e. The summed E-state index contributed by atoms with van der Waals surface area (Å²) in [4.78, 5) is 29.8. The summed E-state index contributed by atoms with van der Waals surface area (Å²) in [6, 6.07) is 14.1. The van der Waals surface area contributed by atoms with Crippen molar-refractivity contribution in [2.45, 2.75) is 57.5 Å². The first kappa shape index (κ1) is 18.9. The zero-order valence-corrected chi connectivity index (χ0v) is 17.0. The van der Waals surface area contributed by atoms with Gasteiger partial charge in [-0.25, -0.2) is 4.79 Å². The van der Waals surface area contributed by atoms with E-state index in [1.54, 1.807) is 0 Å². The molecule has 6 nitrogen and oxygen atoms in total. The lowest BCUT2D eigenvalue weighted by atomic mass is 10.1. The third kappa shape index (κ3) is 3.70. The van der Waals surface area contributed by atoms with Gasteiger partial charge in [-0.2, -0.15) is 4.98 Å². The molecule has 3 aromatic rings. The highest BCUT2D eigenvalue weighted by Gasteiger charge is 2.19. The van der Waals surface area contributed by atoms with Crippen LogP contribution in [0.15, 0.2) is 47.3 Å². The van der Waals surface area contributed by atoms with Crippen LogP contribution in [0.1, 0.15) is 43.2 Å². The monoisotopic (exact) mass is 402 g/mol. The number of carbonyl (C=O) groups is 1. The van der Waals surface area contributed by atoms with E-state index in [0.29, 0.717) is 11.9 Å². The average molecular weight is 402 g/mol. The van der Waals surface area contributed by atoms with Crippen LogP contribution >= 0.6 is 0 Å². The molecule has 1 fully saturated rings. The smallest absolute Gasteiger partial charge is 0.350 e. The molecule has 0 spiro atoms. The zero-order valence-electron chi connectivity index (χ0n) is 17.0. The van der Waals surface area contributed by atoms with Crippen molar-refractivity contribution in [1.82, 2.24) is 9.55 Å². The summed E-state index contributed by atoms with van der Waals surface area (Å²) in [6.45, 7) is -0.0624. The van der Waals surface area contributed by atoms with Crippen molar-refractivity contribution in [3.63, 3.8) is 0 Å². The summed E-state index contributed by atoms with van der Waals surface area (Å²) in [5.41, 5.74) is 3.77. The number of rotatable bonds is 5. The molecule has 2 aliphatic carbocycles. The number of amides is 1. The molecule has 2 N–H and O–H groups in total. The Bertz CT molecular complexity index is 1160. The van der Waals surface area contributed by atoms with E-state index in [4.69, 9.17) is 0 Å². The lowest BCUT2D eigenvalue weighted by Crippen LogP contribution is -2.31. The number of carbonyl (C=O) groups excluding carboxylic acids is 1. The molecular weight excluding hydrogens is 376 g/mol. The molecule has 0 unspecified atom stereocenters. The minimum Gasteiger partial charge on any atom is -0.367 e. The molecule has 1 heterocycles. The Kier molecular flexibility index (Phi) is 4.99. The third-order valence-electron chi connectivity index (χ3n) is 6.27. The van der Waals surface area contributed by atoms with Crippen LogP contribution in [0.4, 0.5) is 11.5 Å². The number of fused-ring (bicyclic) bond motifs is 2. The number of nitrogens with one attached hydrogen (secondary N) is 2. The number of aromatic nitrogens is 2.